The lowest BCUT2D eigenvalue weighted by Gasteiger charge is -2.30. The number of urea groups is 1. The second-order valence-corrected chi connectivity index (χ2v) is 7.80. The molecule has 3 aromatic carbocycles. The number of carbonyl (C=O) groups excluding carboxylic acids is 1. The number of aryl methyl sites for hydroxylation is 1. The van der Waals surface area contributed by atoms with Gasteiger partial charge < -0.3 is 5.32 Å². The molecule has 4 nitrogen and oxygen atoms in total. The quantitative estimate of drug-likeness (QED) is 0.571. The molecule has 1 N–H and O–H groups in total. The van der Waals surface area contributed by atoms with Gasteiger partial charge in [-0.05, 0) is 42.2 Å². The minimum Gasteiger partial charge on any atom is -0.306 e. The van der Waals surface area contributed by atoms with Gasteiger partial charge in [0.25, 0.3) is 0 Å². The molecular weight excluding hydrogens is 382 g/mol. The average Bonchev–Trinajstić information content (AvgIpc) is 3.15. The average molecular weight is 402 g/mol. The maximum Gasteiger partial charge on any atom is 0.342 e. The van der Waals surface area contributed by atoms with Gasteiger partial charge in [0.15, 0.2) is 0 Å². The molecule has 0 saturated carbocycles. The van der Waals surface area contributed by atoms with Gasteiger partial charge in [0.05, 0.1) is 11.8 Å². The molecule has 29 heavy (non-hydrogen) atoms. The van der Waals surface area contributed by atoms with E-state index in [0.717, 1.165) is 35.4 Å². The molecule has 3 aromatic rings. The van der Waals surface area contributed by atoms with E-state index in [4.69, 9.17) is 16.7 Å². The van der Waals surface area contributed by atoms with Crippen molar-refractivity contribution in [1.29, 1.82) is 0 Å². The number of hydrogen-bond donors (Lipinski definition) is 1. The smallest absolute Gasteiger partial charge is 0.306 e. The minimum atomic E-state index is -0.250. The topological polar surface area (TPSA) is 44.7 Å². The fraction of sp³-hybridized carbons (Fsp3) is 0.167. The molecule has 0 unspecified atom stereocenters. The maximum absolute atomic E-state index is 13.2. The molecule has 1 aliphatic heterocycles. The SMILES string of the molecule is O=C(Nc1ccccc1)N1N=C2c3ccccc3CC[C@@H]2[C@H]1c1ccccc1Cl. The third kappa shape index (κ3) is 3.19. The fourth-order valence-corrected chi connectivity index (χ4v) is 4.60. The molecule has 0 fully saturated rings. The van der Waals surface area contributed by atoms with Crippen molar-refractivity contribution in [2.24, 2.45) is 11.0 Å². The summed E-state index contributed by atoms with van der Waals surface area (Å²) in [5.74, 6) is 0.117. The van der Waals surface area contributed by atoms with Crippen molar-refractivity contribution in [2.75, 3.05) is 5.32 Å². The van der Waals surface area contributed by atoms with Gasteiger partial charge in [-0.25, -0.2) is 9.80 Å². The van der Waals surface area contributed by atoms with E-state index in [1.165, 1.54) is 5.56 Å². The van der Waals surface area contributed by atoms with E-state index in [1.54, 1.807) is 5.01 Å². The van der Waals surface area contributed by atoms with Crippen LogP contribution in [0.25, 0.3) is 0 Å². The molecule has 1 aliphatic carbocycles. The Labute approximate surface area is 174 Å². The monoisotopic (exact) mass is 401 g/mol. The summed E-state index contributed by atoms with van der Waals surface area (Å²) in [5, 5.41) is 10.0. The first-order chi connectivity index (χ1) is 14.2. The molecule has 5 heteroatoms. The van der Waals surface area contributed by atoms with Crippen LogP contribution in [-0.2, 0) is 6.42 Å². The van der Waals surface area contributed by atoms with Gasteiger partial charge in [0.2, 0.25) is 0 Å². The van der Waals surface area contributed by atoms with Gasteiger partial charge in [-0.2, -0.15) is 5.10 Å². The molecule has 1 heterocycles. The molecule has 0 spiro atoms. The third-order valence-electron chi connectivity index (χ3n) is 5.69. The summed E-state index contributed by atoms with van der Waals surface area (Å²) >= 11 is 6.56. The number of fused-ring (bicyclic) bond motifs is 3. The Bertz CT molecular complexity index is 1100. The highest BCUT2D eigenvalue weighted by atomic mass is 35.5. The summed E-state index contributed by atoms with van der Waals surface area (Å²) < 4.78 is 0. The summed E-state index contributed by atoms with van der Waals surface area (Å²) in [6.45, 7) is 0. The van der Waals surface area contributed by atoms with Crippen LogP contribution in [0, 0.1) is 5.92 Å². The van der Waals surface area contributed by atoms with Crippen LogP contribution in [0.2, 0.25) is 5.02 Å². The summed E-state index contributed by atoms with van der Waals surface area (Å²) in [4.78, 5) is 13.2. The number of para-hydroxylation sites is 1. The summed E-state index contributed by atoms with van der Waals surface area (Å²) in [7, 11) is 0. The lowest BCUT2D eigenvalue weighted by molar-refractivity contribution is 0.188. The van der Waals surface area contributed by atoms with Gasteiger partial charge >= 0.3 is 6.03 Å². The number of anilines is 1. The molecular formula is C24H20ClN3O. The predicted molar refractivity (Wildman–Crippen MR) is 116 cm³/mol. The number of benzene rings is 3. The first kappa shape index (κ1) is 18.0. The molecule has 0 saturated heterocycles. The van der Waals surface area contributed by atoms with Crippen molar-refractivity contribution in [2.45, 2.75) is 18.9 Å². The lowest BCUT2D eigenvalue weighted by atomic mass is 9.77. The molecule has 144 valence electrons. The van der Waals surface area contributed by atoms with Crippen LogP contribution in [0.5, 0.6) is 0 Å². The minimum absolute atomic E-state index is 0.117. The van der Waals surface area contributed by atoms with E-state index in [0.29, 0.717) is 5.02 Å². The van der Waals surface area contributed by atoms with Crippen LogP contribution < -0.4 is 5.32 Å². The second kappa shape index (κ2) is 7.37. The summed E-state index contributed by atoms with van der Waals surface area (Å²) in [5.41, 5.74) is 5.06. The van der Waals surface area contributed by atoms with Crippen molar-refractivity contribution < 1.29 is 4.79 Å². The zero-order chi connectivity index (χ0) is 19.8. The summed E-state index contributed by atoms with van der Waals surface area (Å²) in [6.07, 6.45) is 1.90. The normalized spacial score (nSPS) is 19.9. The van der Waals surface area contributed by atoms with E-state index in [9.17, 15) is 4.79 Å². The van der Waals surface area contributed by atoms with E-state index < -0.39 is 0 Å². The van der Waals surface area contributed by atoms with Gasteiger partial charge in [-0.3, -0.25) is 0 Å². The van der Waals surface area contributed by atoms with Gasteiger partial charge in [0, 0.05) is 22.2 Å². The highest BCUT2D eigenvalue weighted by molar-refractivity contribution is 6.31. The molecule has 5 rings (SSSR count). The largest absolute Gasteiger partial charge is 0.342 e. The van der Waals surface area contributed by atoms with Crippen LogP contribution in [0.1, 0.15) is 29.2 Å². The molecule has 0 aromatic heterocycles. The van der Waals surface area contributed by atoms with E-state index in [1.807, 2.05) is 60.7 Å². The summed E-state index contributed by atoms with van der Waals surface area (Å²) in [6, 6.07) is 25.0. The van der Waals surface area contributed by atoms with Crippen LogP contribution in [0.3, 0.4) is 0 Å². The Morgan fingerprint density at radius 3 is 2.52 bits per heavy atom. The van der Waals surface area contributed by atoms with Crippen molar-refractivity contribution in [3.05, 3.63) is 101 Å². The first-order valence-corrected chi connectivity index (χ1v) is 10.2. The number of nitrogens with zero attached hydrogens (tertiary/aromatic N) is 2. The Hall–Kier alpha value is -3.11. The standard InChI is InChI=1S/C24H20ClN3O/c25-21-13-7-6-12-19(21)23-20-15-14-16-8-4-5-11-18(16)22(20)27-28(23)24(29)26-17-9-2-1-3-10-17/h1-13,20,23H,14-15H2,(H,26,29)/t20-,23+/m0/s1. The lowest BCUT2D eigenvalue weighted by Crippen LogP contribution is -2.35. The van der Waals surface area contributed by atoms with E-state index >= 15 is 0 Å². The molecule has 2 atom stereocenters. The number of amides is 2. The van der Waals surface area contributed by atoms with Crippen LogP contribution in [0.4, 0.5) is 10.5 Å². The number of nitrogens with one attached hydrogen (secondary N) is 1. The zero-order valence-electron chi connectivity index (χ0n) is 15.8. The number of rotatable bonds is 2. The molecule has 0 bridgehead atoms. The van der Waals surface area contributed by atoms with Gasteiger partial charge in [0.1, 0.15) is 0 Å². The molecule has 2 aliphatic rings. The predicted octanol–water partition coefficient (Wildman–Crippen LogP) is 5.90. The number of hydrogen-bond acceptors (Lipinski definition) is 2. The maximum atomic E-state index is 13.2. The molecule has 0 radical (unpaired) electrons. The van der Waals surface area contributed by atoms with Crippen molar-refractivity contribution >= 4 is 29.0 Å². The van der Waals surface area contributed by atoms with Gasteiger partial charge in [-0.1, -0.05) is 72.3 Å². The highest BCUT2D eigenvalue weighted by Gasteiger charge is 2.44. The van der Waals surface area contributed by atoms with Crippen LogP contribution in [-0.4, -0.2) is 16.8 Å². The number of hydrazone groups is 1. The van der Waals surface area contributed by atoms with Crippen molar-refractivity contribution in [3.63, 3.8) is 0 Å². The zero-order valence-corrected chi connectivity index (χ0v) is 16.5. The molecule has 2 amide bonds. The fourth-order valence-electron chi connectivity index (χ4n) is 4.36. The van der Waals surface area contributed by atoms with Crippen molar-refractivity contribution in [3.8, 4) is 0 Å². The number of carbonyl (C=O) groups is 1. The van der Waals surface area contributed by atoms with Crippen LogP contribution >= 0.6 is 11.6 Å². The Kier molecular flexibility index (Phi) is 4.57. The highest BCUT2D eigenvalue weighted by Crippen LogP contribution is 2.45. The van der Waals surface area contributed by atoms with Gasteiger partial charge in [-0.15, -0.1) is 0 Å². The van der Waals surface area contributed by atoms with E-state index in [2.05, 4.69) is 23.5 Å². The third-order valence-corrected chi connectivity index (χ3v) is 6.03. The van der Waals surface area contributed by atoms with Crippen molar-refractivity contribution in [1.82, 2.24) is 5.01 Å². The second-order valence-electron chi connectivity index (χ2n) is 7.39. The Morgan fingerprint density at radius 2 is 1.69 bits per heavy atom. The first-order valence-electron chi connectivity index (χ1n) is 9.79. The Morgan fingerprint density at radius 1 is 0.966 bits per heavy atom. The Balaban J connectivity index is 1.57. The van der Waals surface area contributed by atoms with Crippen LogP contribution in [0.15, 0.2) is 84.0 Å². The van der Waals surface area contributed by atoms with E-state index in [-0.39, 0.29) is 18.0 Å². The number of halogens is 1.